The van der Waals surface area contributed by atoms with Gasteiger partial charge in [-0.1, -0.05) is 38.1 Å². The normalized spacial score (nSPS) is 12.2. The van der Waals surface area contributed by atoms with E-state index in [9.17, 15) is 4.79 Å². The first kappa shape index (κ1) is 15.6. The summed E-state index contributed by atoms with van der Waals surface area (Å²) in [4.78, 5) is 13.5. The number of nitrogens with one attached hydrogen (secondary N) is 1. The molecule has 0 radical (unpaired) electrons. The SMILES string of the molecule is COc1ccccc1CC(=O)NC(c1cccs1)C(C)C. The third-order valence-electron chi connectivity index (χ3n) is 3.38. The smallest absolute Gasteiger partial charge is 0.225 e. The standard InChI is InChI=1S/C17H21NO2S/c1-12(2)17(15-9-6-10-21-15)18-16(19)11-13-7-4-5-8-14(13)20-3/h4-10,12,17H,11H2,1-3H3,(H,18,19). The van der Waals surface area contributed by atoms with Crippen LogP contribution >= 0.6 is 11.3 Å². The van der Waals surface area contributed by atoms with Gasteiger partial charge < -0.3 is 10.1 Å². The lowest BCUT2D eigenvalue weighted by atomic mass is 10.0. The highest BCUT2D eigenvalue weighted by Crippen LogP contribution is 2.26. The van der Waals surface area contributed by atoms with Gasteiger partial charge in [-0.25, -0.2) is 0 Å². The van der Waals surface area contributed by atoms with Crippen molar-refractivity contribution in [2.24, 2.45) is 5.92 Å². The molecule has 1 unspecified atom stereocenters. The molecule has 0 aliphatic heterocycles. The van der Waals surface area contributed by atoms with Gasteiger partial charge in [0.05, 0.1) is 19.6 Å². The summed E-state index contributed by atoms with van der Waals surface area (Å²) in [6.07, 6.45) is 0.332. The summed E-state index contributed by atoms with van der Waals surface area (Å²) in [6, 6.07) is 11.8. The molecule has 3 nitrogen and oxygen atoms in total. The lowest BCUT2D eigenvalue weighted by molar-refractivity contribution is -0.121. The average molecular weight is 303 g/mol. The number of rotatable bonds is 6. The maximum atomic E-state index is 12.3. The molecule has 1 heterocycles. The van der Waals surface area contributed by atoms with E-state index in [1.165, 1.54) is 4.88 Å². The van der Waals surface area contributed by atoms with E-state index in [1.54, 1.807) is 18.4 Å². The lowest BCUT2D eigenvalue weighted by Gasteiger charge is -2.21. The summed E-state index contributed by atoms with van der Waals surface area (Å²) in [5, 5.41) is 5.17. The van der Waals surface area contributed by atoms with Crippen LogP contribution < -0.4 is 10.1 Å². The second kappa shape index (κ2) is 7.27. The van der Waals surface area contributed by atoms with Crippen molar-refractivity contribution in [3.05, 3.63) is 52.2 Å². The van der Waals surface area contributed by atoms with Gasteiger partial charge in [0.1, 0.15) is 5.75 Å². The van der Waals surface area contributed by atoms with Crippen molar-refractivity contribution >= 4 is 17.2 Å². The second-order valence-electron chi connectivity index (χ2n) is 5.29. The van der Waals surface area contributed by atoms with Crippen LogP contribution in [-0.4, -0.2) is 13.0 Å². The molecular formula is C17H21NO2S. The predicted molar refractivity (Wildman–Crippen MR) is 86.7 cm³/mol. The van der Waals surface area contributed by atoms with Crippen LogP contribution in [0, 0.1) is 5.92 Å². The molecule has 0 bridgehead atoms. The van der Waals surface area contributed by atoms with Gasteiger partial charge in [-0.3, -0.25) is 4.79 Å². The van der Waals surface area contributed by atoms with Gasteiger partial charge in [0.15, 0.2) is 0 Å². The monoisotopic (exact) mass is 303 g/mol. The summed E-state index contributed by atoms with van der Waals surface area (Å²) >= 11 is 1.68. The molecule has 0 saturated heterocycles. The van der Waals surface area contributed by atoms with Crippen LogP contribution in [0.4, 0.5) is 0 Å². The topological polar surface area (TPSA) is 38.3 Å². The Labute approximate surface area is 130 Å². The lowest BCUT2D eigenvalue weighted by Crippen LogP contribution is -2.32. The first-order chi connectivity index (χ1) is 10.1. The van der Waals surface area contributed by atoms with Crippen LogP contribution in [0.1, 0.15) is 30.3 Å². The van der Waals surface area contributed by atoms with Crippen molar-refractivity contribution < 1.29 is 9.53 Å². The molecule has 0 aliphatic rings. The molecule has 0 spiro atoms. The van der Waals surface area contributed by atoms with Crippen LogP contribution in [0.15, 0.2) is 41.8 Å². The number of carbonyl (C=O) groups is 1. The zero-order valence-electron chi connectivity index (χ0n) is 12.6. The number of para-hydroxylation sites is 1. The van der Waals surface area contributed by atoms with Gasteiger partial charge in [0.2, 0.25) is 5.91 Å². The Morgan fingerprint density at radius 2 is 2.00 bits per heavy atom. The maximum Gasteiger partial charge on any atom is 0.225 e. The summed E-state index contributed by atoms with van der Waals surface area (Å²) in [7, 11) is 1.62. The minimum absolute atomic E-state index is 0.0200. The molecule has 2 aromatic rings. The molecule has 0 saturated carbocycles. The van der Waals surface area contributed by atoms with Crippen LogP contribution in [0.3, 0.4) is 0 Å². The zero-order valence-corrected chi connectivity index (χ0v) is 13.4. The fourth-order valence-corrected chi connectivity index (χ4v) is 3.23. The van der Waals surface area contributed by atoms with Gasteiger partial charge in [-0.15, -0.1) is 11.3 Å². The molecule has 1 amide bonds. The summed E-state index contributed by atoms with van der Waals surface area (Å²) < 4.78 is 5.29. The Bertz CT molecular complexity index is 578. The van der Waals surface area contributed by atoms with Crippen molar-refractivity contribution in [3.63, 3.8) is 0 Å². The number of ether oxygens (including phenoxy) is 1. The van der Waals surface area contributed by atoms with Crippen LogP contribution in [-0.2, 0) is 11.2 Å². The van der Waals surface area contributed by atoms with E-state index in [4.69, 9.17) is 4.74 Å². The van der Waals surface area contributed by atoms with Gasteiger partial charge in [-0.05, 0) is 23.4 Å². The average Bonchev–Trinajstić information content (AvgIpc) is 2.99. The summed E-state index contributed by atoms with van der Waals surface area (Å²) in [5.74, 6) is 1.13. The molecule has 1 aromatic heterocycles. The van der Waals surface area contributed by atoms with E-state index in [0.717, 1.165) is 11.3 Å². The third kappa shape index (κ3) is 4.08. The maximum absolute atomic E-state index is 12.3. The molecule has 21 heavy (non-hydrogen) atoms. The first-order valence-corrected chi connectivity index (χ1v) is 7.94. The Kier molecular flexibility index (Phi) is 5.39. The fourth-order valence-electron chi connectivity index (χ4n) is 2.28. The Morgan fingerprint density at radius 3 is 2.62 bits per heavy atom. The van der Waals surface area contributed by atoms with E-state index in [2.05, 4.69) is 25.2 Å². The quantitative estimate of drug-likeness (QED) is 0.881. The number of hydrogen-bond donors (Lipinski definition) is 1. The number of methoxy groups -OCH3 is 1. The highest BCUT2D eigenvalue weighted by Gasteiger charge is 2.19. The number of amides is 1. The van der Waals surface area contributed by atoms with E-state index >= 15 is 0 Å². The molecule has 0 fully saturated rings. The molecule has 112 valence electrons. The van der Waals surface area contributed by atoms with Crippen molar-refractivity contribution in [2.75, 3.05) is 7.11 Å². The minimum Gasteiger partial charge on any atom is -0.496 e. The van der Waals surface area contributed by atoms with Gasteiger partial charge >= 0.3 is 0 Å². The number of thiophene rings is 1. The largest absolute Gasteiger partial charge is 0.496 e. The van der Waals surface area contributed by atoms with E-state index in [0.29, 0.717) is 12.3 Å². The van der Waals surface area contributed by atoms with Gasteiger partial charge in [-0.2, -0.15) is 0 Å². The van der Waals surface area contributed by atoms with Crippen LogP contribution in [0.25, 0.3) is 0 Å². The molecule has 2 rings (SSSR count). The molecule has 1 atom stereocenters. The van der Waals surface area contributed by atoms with Crippen LogP contribution in [0.5, 0.6) is 5.75 Å². The first-order valence-electron chi connectivity index (χ1n) is 7.06. The number of carbonyl (C=O) groups excluding carboxylic acids is 1. The molecule has 0 aliphatic carbocycles. The molecular weight excluding hydrogens is 282 g/mol. The van der Waals surface area contributed by atoms with Crippen molar-refractivity contribution in [3.8, 4) is 5.75 Å². The molecule has 4 heteroatoms. The molecule has 1 N–H and O–H groups in total. The highest BCUT2D eigenvalue weighted by atomic mass is 32.1. The van der Waals surface area contributed by atoms with E-state index in [-0.39, 0.29) is 11.9 Å². The summed E-state index contributed by atoms with van der Waals surface area (Å²) in [5.41, 5.74) is 0.909. The zero-order chi connectivity index (χ0) is 15.2. The second-order valence-corrected chi connectivity index (χ2v) is 6.27. The van der Waals surface area contributed by atoms with Crippen molar-refractivity contribution in [2.45, 2.75) is 26.3 Å². The fraction of sp³-hybridized carbons (Fsp3) is 0.353. The predicted octanol–water partition coefficient (Wildman–Crippen LogP) is 3.81. The minimum atomic E-state index is 0.0200. The third-order valence-corrected chi connectivity index (χ3v) is 4.33. The van der Waals surface area contributed by atoms with Crippen molar-refractivity contribution in [1.82, 2.24) is 5.32 Å². The van der Waals surface area contributed by atoms with Crippen LogP contribution in [0.2, 0.25) is 0 Å². The Morgan fingerprint density at radius 1 is 1.24 bits per heavy atom. The Hall–Kier alpha value is -1.81. The van der Waals surface area contributed by atoms with E-state index < -0.39 is 0 Å². The molecule has 1 aromatic carbocycles. The summed E-state index contributed by atoms with van der Waals surface area (Å²) in [6.45, 7) is 4.24. The van der Waals surface area contributed by atoms with Gasteiger partial charge in [0, 0.05) is 10.4 Å². The highest BCUT2D eigenvalue weighted by molar-refractivity contribution is 7.10. The number of hydrogen-bond acceptors (Lipinski definition) is 3. The van der Waals surface area contributed by atoms with Crippen molar-refractivity contribution in [1.29, 1.82) is 0 Å². The van der Waals surface area contributed by atoms with E-state index in [1.807, 2.05) is 35.7 Å². The number of benzene rings is 1. The Balaban J connectivity index is 2.06. The van der Waals surface area contributed by atoms with Gasteiger partial charge in [0.25, 0.3) is 0 Å².